The average Bonchev–Trinajstić information content (AvgIpc) is 3.08. The van der Waals surface area contributed by atoms with Gasteiger partial charge in [-0.1, -0.05) is 24.3 Å². The fourth-order valence-corrected chi connectivity index (χ4v) is 3.35. The molecule has 122 valence electrons. The predicted octanol–water partition coefficient (Wildman–Crippen LogP) is 3.61. The number of piperidine rings is 1. The van der Waals surface area contributed by atoms with E-state index in [2.05, 4.69) is 17.5 Å². The number of nitrogens with one attached hydrogen (secondary N) is 1. The van der Waals surface area contributed by atoms with Crippen LogP contribution >= 0.6 is 0 Å². The van der Waals surface area contributed by atoms with Gasteiger partial charge in [0.25, 0.3) is 5.91 Å². The van der Waals surface area contributed by atoms with Crippen molar-refractivity contribution in [1.29, 1.82) is 0 Å². The topological polar surface area (TPSA) is 49.4 Å². The van der Waals surface area contributed by atoms with Crippen LogP contribution in [0.2, 0.25) is 0 Å². The number of carbonyl (C=O) groups is 2. The van der Waals surface area contributed by atoms with Crippen LogP contribution in [0.4, 0.5) is 5.69 Å². The molecule has 1 aliphatic carbocycles. The van der Waals surface area contributed by atoms with Gasteiger partial charge in [0, 0.05) is 19.5 Å². The minimum Gasteiger partial charge on any atom is -0.339 e. The smallest absolute Gasteiger partial charge is 0.255 e. The number of hydrogen-bond acceptors (Lipinski definition) is 2. The number of benzene rings is 1. The molecule has 1 fully saturated rings. The van der Waals surface area contributed by atoms with Gasteiger partial charge in [0.2, 0.25) is 5.91 Å². The van der Waals surface area contributed by atoms with E-state index in [0.717, 1.165) is 38.8 Å². The fraction of sp³-hybridized carbons (Fsp3) is 0.474. The van der Waals surface area contributed by atoms with Crippen molar-refractivity contribution >= 4 is 17.5 Å². The van der Waals surface area contributed by atoms with Crippen LogP contribution in [0, 0.1) is 5.92 Å². The van der Waals surface area contributed by atoms with E-state index in [-0.39, 0.29) is 11.8 Å². The molecule has 0 spiro atoms. The zero-order chi connectivity index (χ0) is 16.1. The largest absolute Gasteiger partial charge is 0.339 e. The first-order valence-electron chi connectivity index (χ1n) is 8.59. The molecule has 1 aromatic rings. The Morgan fingerprint density at radius 2 is 1.91 bits per heavy atom. The molecule has 1 heterocycles. The molecule has 4 heteroatoms. The number of amides is 2. The first kappa shape index (κ1) is 15.8. The second-order valence-corrected chi connectivity index (χ2v) is 6.42. The molecule has 1 N–H and O–H groups in total. The Hall–Kier alpha value is -2.10. The first-order valence-corrected chi connectivity index (χ1v) is 8.59. The van der Waals surface area contributed by atoms with Gasteiger partial charge in [0.05, 0.1) is 11.3 Å². The van der Waals surface area contributed by atoms with Gasteiger partial charge in [0.15, 0.2) is 0 Å². The summed E-state index contributed by atoms with van der Waals surface area (Å²) in [5, 5.41) is 2.94. The number of carbonyl (C=O) groups excluding carboxylic acids is 2. The van der Waals surface area contributed by atoms with E-state index in [4.69, 9.17) is 0 Å². The van der Waals surface area contributed by atoms with E-state index in [9.17, 15) is 9.59 Å². The Bertz CT molecular complexity index is 603. The molecule has 3 rings (SSSR count). The van der Waals surface area contributed by atoms with E-state index in [0.29, 0.717) is 23.6 Å². The van der Waals surface area contributed by atoms with Crippen molar-refractivity contribution in [3.8, 4) is 0 Å². The SMILES string of the molecule is O=C(CC1C=CCC1)Nc1ccccc1C(=O)N1CCCCC1. The molecule has 1 aromatic carbocycles. The summed E-state index contributed by atoms with van der Waals surface area (Å²) in [5.74, 6) is 0.349. The molecule has 4 nitrogen and oxygen atoms in total. The Balaban J connectivity index is 1.68. The van der Waals surface area contributed by atoms with Crippen molar-refractivity contribution in [1.82, 2.24) is 4.90 Å². The number of hydrogen-bond donors (Lipinski definition) is 1. The highest BCUT2D eigenvalue weighted by Gasteiger charge is 2.22. The normalized spacial score (nSPS) is 20.5. The third-order valence-corrected chi connectivity index (χ3v) is 4.63. The summed E-state index contributed by atoms with van der Waals surface area (Å²) in [6.45, 7) is 1.63. The molecule has 1 atom stereocenters. The summed E-state index contributed by atoms with van der Waals surface area (Å²) in [6, 6.07) is 7.34. The number of nitrogens with zero attached hydrogens (tertiary/aromatic N) is 1. The highest BCUT2D eigenvalue weighted by Crippen LogP contribution is 2.23. The molecule has 0 saturated carbocycles. The van der Waals surface area contributed by atoms with Crippen LogP contribution in [0.15, 0.2) is 36.4 Å². The van der Waals surface area contributed by atoms with Crippen LogP contribution in [-0.2, 0) is 4.79 Å². The molecule has 2 aliphatic rings. The zero-order valence-electron chi connectivity index (χ0n) is 13.5. The molecular formula is C19H24N2O2. The number of allylic oxidation sites excluding steroid dienone is 2. The van der Waals surface area contributed by atoms with Crippen molar-refractivity contribution < 1.29 is 9.59 Å². The lowest BCUT2D eigenvalue weighted by Crippen LogP contribution is -2.36. The van der Waals surface area contributed by atoms with Gasteiger partial charge in [0.1, 0.15) is 0 Å². The van der Waals surface area contributed by atoms with E-state index in [1.807, 2.05) is 29.2 Å². The van der Waals surface area contributed by atoms with Crippen molar-refractivity contribution in [2.75, 3.05) is 18.4 Å². The van der Waals surface area contributed by atoms with E-state index in [1.54, 1.807) is 0 Å². The first-order chi connectivity index (χ1) is 11.2. The highest BCUT2D eigenvalue weighted by atomic mass is 16.2. The average molecular weight is 312 g/mol. The monoisotopic (exact) mass is 312 g/mol. The summed E-state index contributed by atoms with van der Waals surface area (Å²) in [4.78, 5) is 26.9. The van der Waals surface area contributed by atoms with Crippen molar-refractivity contribution in [2.45, 2.75) is 38.5 Å². The molecule has 1 aliphatic heterocycles. The maximum Gasteiger partial charge on any atom is 0.255 e. The number of rotatable bonds is 4. The molecular weight excluding hydrogens is 288 g/mol. The summed E-state index contributed by atoms with van der Waals surface area (Å²) >= 11 is 0. The Morgan fingerprint density at radius 1 is 1.13 bits per heavy atom. The van der Waals surface area contributed by atoms with Gasteiger partial charge in [-0.25, -0.2) is 0 Å². The Morgan fingerprint density at radius 3 is 2.65 bits per heavy atom. The van der Waals surface area contributed by atoms with Crippen LogP contribution in [0.3, 0.4) is 0 Å². The molecule has 2 amide bonds. The maximum absolute atomic E-state index is 12.7. The fourth-order valence-electron chi connectivity index (χ4n) is 3.35. The van der Waals surface area contributed by atoms with Gasteiger partial charge < -0.3 is 10.2 Å². The predicted molar refractivity (Wildman–Crippen MR) is 91.3 cm³/mol. The Kier molecular flexibility index (Phi) is 5.11. The number of para-hydroxylation sites is 1. The molecule has 0 bridgehead atoms. The lowest BCUT2D eigenvalue weighted by atomic mass is 10.0. The van der Waals surface area contributed by atoms with Gasteiger partial charge in [-0.2, -0.15) is 0 Å². The van der Waals surface area contributed by atoms with E-state index >= 15 is 0 Å². The molecule has 1 saturated heterocycles. The van der Waals surface area contributed by atoms with Crippen LogP contribution in [0.1, 0.15) is 48.9 Å². The van der Waals surface area contributed by atoms with Gasteiger partial charge in [-0.3, -0.25) is 9.59 Å². The van der Waals surface area contributed by atoms with Gasteiger partial charge in [-0.15, -0.1) is 0 Å². The minimum absolute atomic E-state index is 0.0135. The van der Waals surface area contributed by atoms with Crippen molar-refractivity contribution in [3.63, 3.8) is 0 Å². The lowest BCUT2D eigenvalue weighted by molar-refractivity contribution is -0.116. The van der Waals surface area contributed by atoms with Crippen molar-refractivity contribution in [2.24, 2.45) is 5.92 Å². The maximum atomic E-state index is 12.7. The summed E-state index contributed by atoms with van der Waals surface area (Å²) in [7, 11) is 0. The molecule has 1 unspecified atom stereocenters. The van der Waals surface area contributed by atoms with Crippen molar-refractivity contribution in [3.05, 3.63) is 42.0 Å². The quantitative estimate of drug-likeness (QED) is 0.864. The number of likely N-dealkylation sites (tertiary alicyclic amines) is 1. The van der Waals surface area contributed by atoms with Crippen LogP contribution in [0.5, 0.6) is 0 Å². The summed E-state index contributed by atoms with van der Waals surface area (Å²) in [5.41, 5.74) is 1.24. The van der Waals surface area contributed by atoms with E-state index in [1.165, 1.54) is 6.42 Å². The molecule has 23 heavy (non-hydrogen) atoms. The second-order valence-electron chi connectivity index (χ2n) is 6.42. The molecule has 0 aromatic heterocycles. The zero-order valence-corrected chi connectivity index (χ0v) is 13.5. The lowest BCUT2D eigenvalue weighted by Gasteiger charge is -2.27. The van der Waals surface area contributed by atoms with Gasteiger partial charge in [-0.05, 0) is 50.2 Å². The Labute approximate surface area is 137 Å². The summed E-state index contributed by atoms with van der Waals surface area (Å²) in [6.07, 6.45) is 10.2. The summed E-state index contributed by atoms with van der Waals surface area (Å²) < 4.78 is 0. The third kappa shape index (κ3) is 4.01. The molecule has 0 radical (unpaired) electrons. The van der Waals surface area contributed by atoms with Gasteiger partial charge >= 0.3 is 0 Å². The third-order valence-electron chi connectivity index (χ3n) is 4.63. The standard InChI is InChI=1S/C19H24N2O2/c22-18(14-15-8-2-3-9-15)20-17-11-5-4-10-16(17)19(23)21-12-6-1-7-13-21/h2,4-5,8,10-11,15H,1,3,6-7,9,12-14H2,(H,20,22). The van der Waals surface area contributed by atoms with E-state index < -0.39 is 0 Å². The van der Waals surface area contributed by atoms with Crippen LogP contribution in [-0.4, -0.2) is 29.8 Å². The second kappa shape index (κ2) is 7.44. The number of anilines is 1. The minimum atomic E-state index is -0.0135. The van der Waals surface area contributed by atoms with Crippen LogP contribution < -0.4 is 5.32 Å². The highest BCUT2D eigenvalue weighted by molar-refractivity contribution is 6.03. The van der Waals surface area contributed by atoms with Crippen LogP contribution in [0.25, 0.3) is 0 Å².